The smallest absolute Gasteiger partial charge is 0.426 e. The van der Waals surface area contributed by atoms with Crippen LogP contribution in [0.3, 0.4) is 0 Å². The van der Waals surface area contributed by atoms with Crippen molar-refractivity contribution in [2.24, 2.45) is 0 Å². The highest BCUT2D eigenvalue weighted by molar-refractivity contribution is 9.10. The van der Waals surface area contributed by atoms with E-state index in [4.69, 9.17) is 0 Å². The Morgan fingerprint density at radius 3 is 2.33 bits per heavy atom. The zero-order valence-corrected chi connectivity index (χ0v) is 12.5. The molecule has 0 bridgehead atoms. The number of aliphatic hydroxyl groups is 1. The van der Waals surface area contributed by atoms with E-state index in [0.29, 0.717) is 6.92 Å². The van der Waals surface area contributed by atoms with E-state index < -0.39 is 23.7 Å². The SMILES string of the molecule is COC(=O)c1ccc(NC(=O)C(C)(O)C(F)(F)F)c(Br)c1. The third kappa shape index (κ3) is 3.73. The number of esters is 1. The molecule has 0 fully saturated rings. The molecule has 0 aliphatic heterocycles. The van der Waals surface area contributed by atoms with Crippen molar-refractivity contribution in [3.8, 4) is 0 Å². The molecule has 1 aromatic carbocycles. The van der Waals surface area contributed by atoms with Gasteiger partial charge in [-0.25, -0.2) is 4.79 Å². The maximum atomic E-state index is 12.5. The number of anilines is 1. The summed E-state index contributed by atoms with van der Waals surface area (Å²) in [6.07, 6.45) is -5.12. The van der Waals surface area contributed by atoms with E-state index in [9.17, 15) is 27.9 Å². The molecule has 0 spiro atoms. The van der Waals surface area contributed by atoms with Crippen LogP contribution in [0, 0.1) is 0 Å². The Hall–Kier alpha value is -1.61. The van der Waals surface area contributed by atoms with Crippen LogP contribution in [0.5, 0.6) is 0 Å². The summed E-state index contributed by atoms with van der Waals surface area (Å²) in [7, 11) is 1.17. The van der Waals surface area contributed by atoms with E-state index in [2.05, 4.69) is 20.7 Å². The summed E-state index contributed by atoms with van der Waals surface area (Å²) < 4.78 is 42.2. The maximum Gasteiger partial charge on any atom is 0.426 e. The molecule has 2 N–H and O–H groups in total. The Labute approximate surface area is 126 Å². The van der Waals surface area contributed by atoms with Gasteiger partial charge in [0.25, 0.3) is 5.91 Å². The van der Waals surface area contributed by atoms with Crippen LogP contribution in [-0.4, -0.2) is 35.9 Å². The van der Waals surface area contributed by atoms with Crippen molar-refractivity contribution in [1.82, 2.24) is 0 Å². The highest BCUT2D eigenvalue weighted by Gasteiger charge is 2.55. The largest absolute Gasteiger partial charge is 0.465 e. The molecule has 0 aliphatic rings. The number of nitrogens with one attached hydrogen (secondary N) is 1. The van der Waals surface area contributed by atoms with E-state index in [1.807, 2.05) is 5.32 Å². The van der Waals surface area contributed by atoms with Crippen molar-refractivity contribution < 1.29 is 32.6 Å². The number of hydrogen-bond acceptors (Lipinski definition) is 4. The minimum atomic E-state index is -5.12. The molecule has 1 atom stereocenters. The Balaban J connectivity index is 3.00. The summed E-state index contributed by atoms with van der Waals surface area (Å²) in [5.74, 6) is -2.28. The highest BCUT2D eigenvalue weighted by atomic mass is 79.9. The topological polar surface area (TPSA) is 75.6 Å². The maximum absolute atomic E-state index is 12.5. The number of hydrogen-bond donors (Lipinski definition) is 2. The number of carbonyl (C=O) groups is 2. The van der Waals surface area contributed by atoms with Crippen molar-refractivity contribution >= 4 is 33.5 Å². The zero-order chi connectivity index (χ0) is 16.4. The number of benzene rings is 1. The van der Waals surface area contributed by atoms with E-state index >= 15 is 0 Å². The fourth-order valence-electron chi connectivity index (χ4n) is 1.23. The predicted molar refractivity (Wildman–Crippen MR) is 70.8 cm³/mol. The van der Waals surface area contributed by atoms with Gasteiger partial charge in [-0.1, -0.05) is 0 Å². The molecule has 1 rings (SSSR count). The molecule has 0 aliphatic carbocycles. The first-order chi connectivity index (χ1) is 9.50. The fraction of sp³-hybridized carbons (Fsp3) is 0.333. The normalized spacial score (nSPS) is 14.2. The Morgan fingerprint density at radius 2 is 1.90 bits per heavy atom. The van der Waals surface area contributed by atoms with E-state index in [0.717, 1.165) is 0 Å². The molecule has 5 nitrogen and oxygen atoms in total. The molecule has 116 valence electrons. The number of amides is 1. The summed E-state index contributed by atoms with van der Waals surface area (Å²) in [5.41, 5.74) is -3.42. The van der Waals surface area contributed by atoms with Crippen molar-refractivity contribution in [3.63, 3.8) is 0 Å². The van der Waals surface area contributed by atoms with Gasteiger partial charge < -0.3 is 15.2 Å². The van der Waals surface area contributed by atoms with Crippen LogP contribution in [0.4, 0.5) is 18.9 Å². The molecule has 9 heteroatoms. The summed E-state index contributed by atoms with van der Waals surface area (Å²) in [6, 6.07) is 3.74. The van der Waals surface area contributed by atoms with Gasteiger partial charge in [-0.05, 0) is 41.1 Å². The van der Waals surface area contributed by atoms with Crippen LogP contribution in [0.2, 0.25) is 0 Å². The zero-order valence-electron chi connectivity index (χ0n) is 10.9. The number of halogens is 4. The first-order valence-corrected chi connectivity index (χ1v) is 6.28. The van der Waals surface area contributed by atoms with Crippen LogP contribution in [0.1, 0.15) is 17.3 Å². The number of alkyl halides is 3. The average Bonchev–Trinajstić information content (AvgIpc) is 2.38. The number of rotatable bonds is 3. The first-order valence-electron chi connectivity index (χ1n) is 5.49. The van der Waals surface area contributed by atoms with Crippen LogP contribution in [0.15, 0.2) is 22.7 Å². The third-order valence-electron chi connectivity index (χ3n) is 2.63. The molecule has 0 saturated carbocycles. The standard InChI is InChI=1S/C12H11BrF3NO4/c1-11(20,12(14,15)16)10(19)17-8-4-3-6(5-7(8)13)9(18)21-2/h3-5,20H,1-2H3,(H,17,19). The molecule has 0 radical (unpaired) electrons. The van der Waals surface area contributed by atoms with Gasteiger partial charge in [-0.2, -0.15) is 13.2 Å². The first kappa shape index (κ1) is 17.4. The minimum Gasteiger partial charge on any atom is -0.465 e. The van der Waals surface area contributed by atoms with Gasteiger partial charge in [0, 0.05) is 4.47 Å². The second-order valence-corrected chi connectivity index (χ2v) is 5.06. The highest BCUT2D eigenvalue weighted by Crippen LogP contribution is 2.32. The van der Waals surface area contributed by atoms with Crippen LogP contribution >= 0.6 is 15.9 Å². The summed E-state index contributed by atoms with van der Waals surface area (Å²) in [6.45, 7) is 0.346. The molecule has 1 aromatic rings. The van der Waals surface area contributed by atoms with E-state index in [1.165, 1.54) is 25.3 Å². The van der Waals surface area contributed by atoms with Crippen molar-refractivity contribution in [1.29, 1.82) is 0 Å². The molecule has 0 aromatic heterocycles. The van der Waals surface area contributed by atoms with Crippen LogP contribution < -0.4 is 5.32 Å². The van der Waals surface area contributed by atoms with Crippen molar-refractivity contribution in [2.75, 3.05) is 12.4 Å². The van der Waals surface area contributed by atoms with Gasteiger partial charge in [0.05, 0.1) is 18.4 Å². The molecule has 21 heavy (non-hydrogen) atoms. The molecule has 0 saturated heterocycles. The second-order valence-electron chi connectivity index (χ2n) is 4.21. The summed E-state index contributed by atoms with van der Waals surface area (Å²) in [5, 5.41) is 11.2. The van der Waals surface area contributed by atoms with Crippen molar-refractivity contribution in [2.45, 2.75) is 18.7 Å². The predicted octanol–water partition coefficient (Wildman–Crippen LogP) is 2.49. The van der Waals surface area contributed by atoms with Crippen molar-refractivity contribution in [3.05, 3.63) is 28.2 Å². The van der Waals surface area contributed by atoms with Crippen LogP contribution in [-0.2, 0) is 9.53 Å². The Kier molecular flexibility index (Phi) is 5.00. The van der Waals surface area contributed by atoms with Gasteiger partial charge in [-0.3, -0.25) is 4.79 Å². The summed E-state index contributed by atoms with van der Waals surface area (Å²) >= 11 is 3.00. The quantitative estimate of drug-likeness (QED) is 0.802. The molecular formula is C12H11BrF3NO4. The van der Waals surface area contributed by atoms with Gasteiger partial charge in [0.15, 0.2) is 0 Å². The lowest BCUT2D eigenvalue weighted by Crippen LogP contribution is -2.52. The lowest BCUT2D eigenvalue weighted by molar-refractivity contribution is -0.242. The van der Waals surface area contributed by atoms with Crippen LogP contribution in [0.25, 0.3) is 0 Å². The average molecular weight is 370 g/mol. The number of ether oxygens (including phenoxy) is 1. The third-order valence-corrected chi connectivity index (χ3v) is 3.29. The summed E-state index contributed by atoms with van der Waals surface area (Å²) in [4.78, 5) is 22.8. The molecule has 1 unspecified atom stereocenters. The Bertz CT molecular complexity index is 572. The lowest BCUT2D eigenvalue weighted by Gasteiger charge is -2.25. The van der Waals surface area contributed by atoms with Gasteiger partial charge in [0.2, 0.25) is 5.60 Å². The fourth-order valence-corrected chi connectivity index (χ4v) is 1.71. The molecule has 0 heterocycles. The minimum absolute atomic E-state index is 0.0304. The van der Waals surface area contributed by atoms with Gasteiger partial charge >= 0.3 is 12.1 Å². The molecule has 1 amide bonds. The van der Waals surface area contributed by atoms with Gasteiger partial charge in [0.1, 0.15) is 0 Å². The van der Waals surface area contributed by atoms with E-state index in [1.54, 1.807) is 0 Å². The number of carbonyl (C=O) groups excluding carboxylic acids is 2. The van der Waals surface area contributed by atoms with Gasteiger partial charge in [-0.15, -0.1) is 0 Å². The number of methoxy groups -OCH3 is 1. The monoisotopic (exact) mass is 369 g/mol. The second kappa shape index (κ2) is 6.02. The van der Waals surface area contributed by atoms with E-state index in [-0.39, 0.29) is 15.7 Å². The molecular weight excluding hydrogens is 359 g/mol. The lowest BCUT2D eigenvalue weighted by atomic mass is 10.1. The Morgan fingerprint density at radius 1 is 1.33 bits per heavy atom.